The first-order chi connectivity index (χ1) is 21.0. The van der Waals surface area contributed by atoms with Crippen LogP contribution in [-0.4, -0.2) is 37.6 Å². The molecule has 0 aliphatic heterocycles. The minimum absolute atomic E-state index is 0.348. The minimum Gasteiger partial charge on any atom is -0.313 e. The molecule has 0 aromatic carbocycles. The smallest absolute Gasteiger partial charge is 0.0124 e. The molecular weight excluding hydrogens is 532 g/mol. The Bertz CT molecular complexity index is 867. The van der Waals surface area contributed by atoms with E-state index in [9.17, 15) is 0 Å². The van der Waals surface area contributed by atoms with Gasteiger partial charge in [0.1, 0.15) is 0 Å². The minimum atomic E-state index is 0.348. The SMILES string of the molecule is C/C=C\C(CCN(C)CC1CCCC(C)C(C)(C)C1CC)C(CCCCC)CCNC1CCC(C)C2=CCCCC2C1(C)C. The fourth-order valence-corrected chi connectivity index (χ4v) is 10.4. The number of allylic oxidation sites excluding steroid dienone is 4. The summed E-state index contributed by atoms with van der Waals surface area (Å²) in [5.74, 6) is 5.56. The molecule has 2 fully saturated rings. The maximum absolute atomic E-state index is 4.21. The summed E-state index contributed by atoms with van der Waals surface area (Å²) in [6.45, 7) is 26.1. The van der Waals surface area contributed by atoms with Gasteiger partial charge in [-0.2, -0.15) is 0 Å². The van der Waals surface area contributed by atoms with Gasteiger partial charge >= 0.3 is 0 Å². The predicted molar refractivity (Wildman–Crippen MR) is 196 cm³/mol. The highest BCUT2D eigenvalue weighted by Gasteiger charge is 2.43. The van der Waals surface area contributed by atoms with Gasteiger partial charge in [0.25, 0.3) is 0 Å². The zero-order valence-electron chi connectivity index (χ0n) is 31.5. The molecule has 0 heterocycles. The van der Waals surface area contributed by atoms with Gasteiger partial charge in [-0.25, -0.2) is 0 Å². The van der Waals surface area contributed by atoms with E-state index in [-0.39, 0.29) is 0 Å². The zero-order chi connectivity index (χ0) is 32.3. The fourth-order valence-electron chi connectivity index (χ4n) is 10.4. The molecule has 0 aromatic heterocycles. The highest BCUT2D eigenvalue weighted by atomic mass is 15.1. The Hall–Kier alpha value is -0.600. The van der Waals surface area contributed by atoms with Crippen LogP contribution in [0.2, 0.25) is 0 Å². The lowest BCUT2D eigenvalue weighted by Crippen LogP contribution is -2.46. The molecule has 3 aliphatic rings. The highest BCUT2D eigenvalue weighted by molar-refractivity contribution is 5.19. The first-order valence-electron chi connectivity index (χ1n) is 19.7. The molecule has 0 radical (unpaired) electrons. The standard InChI is InChI=1S/C42H78N2/c1-11-14-15-21-35(27-29-43-40-26-25-32(4)37-23-16-17-24-39(37)42(40,8)9)34(19-12-2)28-30-44(10)31-36-22-18-20-33(5)41(6,7)38(36)13-3/h12,19,23,32-36,38-40,43H,11,13-18,20-22,24-31H2,1-10H3/b19-12-. The van der Waals surface area contributed by atoms with Crippen LogP contribution >= 0.6 is 0 Å². The van der Waals surface area contributed by atoms with E-state index < -0.39 is 0 Å². The third kappa shape index (κ3) is 9.95. The van der Waals surface area contributed by atoms with E-state index in [2.05, 4.69) is 97.8 Å². The number of hydrogen-bond donors (Lipinski definition) is 1. The van der Waals surface area contributed by atoms with Crippen molar-refractivity contribution in [3.8, 4) is 0 Å². The van der Waals surface area contributed by atoms with Crippen LogP contribution in [0.5, 0.6) is 0 Å². The van der Waals surface area contributed by atoms with Gasteiger partial charge in [-0.1, -0.05) is 118 Å². The second kappa shape index (κ2) is 18.1. The van der Waals surface area contributed by atoms with Crippen LogP contribution in [-0.2, 0) is 0 Å². The molecule has 3 rings (SSSR count). The molecule has 0 amide bonds. The van der Waals surface area contributed by atoms with Gasteiger partial charge in [-0.05, 0) is 137 Å². The van der Waals surface area contributed by atoms with Crippen molar-refractivity contribution in [1.29, 1.82) is 0 Å². The first-order valence-corrected chi connectivity index (χ1v) is 19.7. The normalized spacial score (nSPS) is 32.1. The van der Waals surface area contributed by atoms with E-state index in [4.69, 9.17) is 0 Å². The molecule has 8 atom stereocenters. The maximum atomic E-state index is 4.21. The van der Waals surface area contributed by atoms with Crippen molar-refractivity contribution in [3.63, 3.8) is 0 Å². The average molecular weight is 611 g/mol. The summed E-state index contributed by atoms with van der Waals surface area (Å²) < 4.78 is 0. The van der Waals surface area contributed by atoms with E-state index in [1.807, 2.05) is 0 Å². The lowest BCUT2D eigenvalue weighted by molar-refractivity contribution is 0.0697. The van der Waals surface area contributed by atoms with E-state index in [1.165, 1.54) is 116 Å². The van der Waals surface area contributed by atoms with Crippen LogP contribution in [0.3, 0.4) is 0 Å². The van der Waals surface area contributed by atoms with Crippen LogP contribution in [0, 0.1) is 52.3 Å². The largest absolute Gasteiger partial charge is 0.313 e. The Morgan fingerprint density at radius 2 is 1.70 bits per heavy atom. The summed E-state index contributed by atoms with van der Waals surface area (Å²) in [4.78, 5) is 2.72. The third-order valence-corrected chi connectivity index (χ3v) is 13.7. The van der Waals surface area contributed by atoms with Gasteiger partial charge in [0.15, 0.2) is 0 Å². The molecule has 2 heteroatoms. The summed E-state index contributed by atoms with van der Waals surface area (Å²) in [6, 6.07) is 0.639. The van der Waals surface area contributed by atoms with E-state index in [1.54, 1.807) is 5.57 Å². The van der Waals surface area contributed by atoms with Crippen LogP contribution in [0.15, 0.2) is 23.8 Å². The lowest BCUT2D eigenvalue weighted by Gasteiger charge is -2.43. The summed E-state index contributed by atoms with van der Waals surface area (Å²) >= 11 is 0. The lowest BCUT2D eigenvalue weighted by atomic mass is 9.65. The number of unbranched alkanes of at least 4 members (excludes halogenated alkanes) is 2. The topological polar surface area (TPSA) is 15.3 Å². The quantitative estimate of drug-likeness (QED) is 0.106. The Morgan fingerprint density at radius 1 is 0.932 bits per heavy atom. The Balaban J connectivity index is 1.62. The van der Waals surface area contributed by atoms with Crippen molar-refractivity contribution in [3.05, 3.63) is 23.8 Å². The number of hydrogen-bond acceptors (Lipinski definition) is 2. The van der Waals surface area contributed by atoms with Crippen molar-refractivity contribution >= 4 is 0 Å². The Kier molecular flexibility index (Phi) is 15.6. The molecule has 2 nitrogen and oxygen atoms in total. The maximum Gasteiger partial charge on any atom is 0.0124 e. The predicted octanol–water partition coefficient (Wildman–Crippen LogP) is 11.7. The average Bonchev–Trinajstić information content (AvgIpc) is 3.15. The second-order valence-electron chi connectivity index (χ2n) is 17.2. The van der Waals surface area contributed by atoms with Gasteiger partial charge in [0, 0.05) is 12.6 Å². The summed E-state index contributed by atoms with van der Waals surface area (Å²) in [7, 11) is 2.43. The van der Waals surface area contributed by atoms with E-state index in [0.29, 0.717) is 22.8 Å². The van der Waals surface area contributed by atoms with Crippen molar-refractivity contribution in [2.24, 2.45) is 52.3 Å². The molecule has 0 bridgehead atoms. The molecule has 8 unspecified atom stereocenters. The van der Waals surface area contributed by atoms with Gasteiger partial charge in [-0.15, -0.1) is 0 Å². The summed E-state index contributed by atoms with van der Waals surface area (Å²) in [5.41, 5.74) is 2.61. The van der Waals surface area contributed by atoms with Crippen LogP contribution < -0.4 is 5.32 Å². The highest BCUT2D eigenvalue weighted by Crippen LogP contribution is 2.49. The summed E-state index contributed by atoms with van der Waals surface area (Å²) in [5, 5.41) is 4.21. The van der Waals surface area contributed by atoms with Crippen molar-refractivity contribution in [2.75, 3.05) is 26.7 Å². The molecule has 44 heavy (non-hydrogen) atoms. The van der Waals surface area contributed by atoms with Crippen LogP contribution in [0.4, 0.5) is 0 Å². The van der Waals surface area contributed by atoms with E-state index in [0.717, 1.165) is 35.5 Å². The molecule has 0 spiro atoms. The number of rotatable bonds is 16. The van der Waals surface area contributed by atoms with Crippen molar-refractivity contribution in [2.45, 2.75) is 165 Å². The molecule has 2 saturated carbocycles. The van der Waals surface area contributed by atoms with Gasteiger partial charge < -0.3 is 10.2 Å². The van der Waals surface area contributed by atoms with Crippen LogP contribution in [0.25, 0.3) is 0 Å². The van der Waals surface area contributed by atoms with Crippen molar-refractivity contribution < 1.29 is 0 Å². The molecule has 1 N–H and O–H groups in total. The van der Waals surface area contributed by atoms with Crippen LogP contribution in [0.1, 0.15) is 159 Å². The van der Waals surface area contributed by atoms with Gasteiger partial charge in [0.2, 0.25) is 0 Å². The molecular formula is C42H78N2. The van der Waals surface area contributed by atoms with Gasteiger partial charge in [0.05, 0.1) is 0 Å². The molecule has 0 saturated heterocycles. The number of nitrogens with one attached hydrogen (secondary N) is 1. The number of fused-ring (bicyclic) bond motifs is 1. The monoisotopic (exact) mass is 611 g/mol. The number of nitrogens with zero attached hydrogens (tertiary/aromatic N) is 1. The Labute approximate surface area is 277 Å². The Morgan fingerprint density at radius 3 is 2.41 bits per heavy atom. The molecule has 0 aromatic rings. The second-order valence-corrected chi connectivity index (χ2v) is 17.2. The third-order valence-electron chi connectivity index (χ3n) is 13.7. The molecule has 3 aliphatic carbocycles. The fraction of sp³-hybridized carbons (Fsp3) is 0.905. The molecule has 256 valence electrons. The van der Waals surface area contributed by atoms with Gasteiger partial charge in [-0.3, -0.25) is 0 Å². The van der Waals surface area contributed by atoms with Crippen molar-refractivity contribution in [1.82, 2.24) is 10.2 Å². The summed E-state index contributed by atoms with van der Waals surface area (Å²) in [6.07, 6.45) is 28.1. The van der Waals surface area contributed by atoms with E-state index >= 15 is 0 Å². The first kappa shape index (κ1) is 37.9. The zero-order valence-corrected chi connectivity index (χ0v) is 31.5.